The number of aliphatic imine (C=N–C) groups is 2. The van der Waals surface area contributed by atoms with E-state index < -0.39 is 58.9 Å². The van der Waals surface area contributed by atoms with Crippen LogP contribution in [0, 0.1) is 11.6 Å². The van der Waals surface area contributed by atoms with Crippen LogP contribution in [0.2, 0.25) is 10.0 Å². The average Bonchev–Trinajstić information content (AvgIpc) is 4.02. The van der Waals surface area contributed by atoms with Crippen molar-refractivity contribution in [2.45, 2.75) is 62.4 Å². The maximum Gasteiger partial charge on any atom is 0.245 e. The Hall–Kier alpha value is -4.14. The molecule has 5 aromatic carbocycles. The Kier molecular flexibility index (Phi) is 9.20. The fraction of sp³-hybridized carbons (Fsp3) is 0.238. The van der Waals surface area contributed by atoms with Crippen LogP contribution in [0.4, 0.5) is 8.78 Å². The molecule has 0 N–H and O–H groups in total. The highest BCUT2D eigenvalue weighted by molar-refractivity contribution is 7.80. The third-order valence-electron chi connectivity index (χ3n) is 11.7. The molecule has 8 nitrogen and oxygen atoms in total. The van der Waals surface area contributed by atoms with E-state index in [1.165, 1.54) is 0 Å². The molecule has 4 aliphatic rings. The summed E-state index contributed by atoms with van der Waals surface area (Å²) in [7, 11) is -6.97. The van der Waals surface area contributed by atoms with E-state index in [1.807, 2.05) is 135 Å². The number of fused-ring (bicyclic) bond motifs is 2. The van der Waals surface area contributed by atoms with Gasteiger partial charge in [0.2, 0.25) is 11.8 Å². The summed E-state index contributed by atoms with van der Waals surface area (Å²) < 4.78 is 62.7. The molecule has 0 bridgehead atoms. The van der Waals surface area contributed by atoms with Gasteiger partial charge in [-0.15, -0.1) is 10.1 Å². The fourth-order valence-corrected chi connectivity index (χ4v) is 16.3. The zero-order chi connectivity index (χ0) is 39.0. The Bertz CT molecular complexity index is 2260. The quantitative estimate of drug-likeness (QED) is 0.0883. The highest BCUT2D eigenvalue weighted by Gasteiger charge is 2.62. The lowest BCUT2D eigenvalue weighted by Crippen LogP contribution is -2.47. The Morgan fingerprint density at radius 1 is 0.571 bits per heavy atom. The molecule has 56 heavy (non-hydrogen) atoms. The SMILES string of the molecule is CC1(P(=O)(c2ccccc2)c2ccccc2)CCC2N=C(c3c(Cl)c(F)c(F)c(Cl)c3C3=NC4CCC(C)(P(=O)(c5ccccc5)c5ccccc5)N4O3)ON21. The van der Waals surface area contributed by atoms with Crippen molar-refractivity contribution in [1.29, 1.82) is 0 Å². The molecule has 2 fully saturated rings. The van der Waals surface area contributed by atoms with Crippen molar-refractivity contribution in [1.82, 2.24) is 10.1 Å². The van der Waals surface area contributed by atoms with Crippen molar-refractivity contribution in [2.75, 3.05) is 0 Å². The second-order valence-electron chi connectivity index (χ2n) is 14.7. The average molecular weight is 832 g/mol. The Morgan fingerprint density at radius 3 is 1.14 bits per heavy atom. The van der Waals surface area contributed by atoms with Crippen LogP contribution in [-0.4, -0.2) is 44.8 Å². The molecule has 0 spiro atoms. The van der Waals surface area contributed by atoms with Gasteiger partial charge in [-0.2, -0.15) is 0 Å². The minimum Gasteiger partial charge on any atom is -0.382 e. The number of halogens is 4. The molecule has 4 atom stereocenters. The molecule has 286 valence electrons. The second-order valence-corrected chi connectivity index (χ2v) is 21.9. The Balaban J connectivity index is 1.12. The lowest BCUT2D eigenvalue weighted by atomic mass is 10.1. The van der Waals surface area contributed by atoms with Crippen molar-refractivity contribution < 1.29 is 27.6 Å². The van der Waals surface area contributed by atoms with Crippen LogP contribution < -0.4 is 21.2 Å². The van der Waals surface area contributed by atoms with Crippen molar-refractivity contribution in [2.24, 2.45) is 9.98 Å². The largest absolute Gasteiger partial charge is 0.382 e. The van der Waals surface area contributed by atoms with Gasteiger partial charge in [0.05, 0.1) is 21.2 Å². The summed E-state index contributed by atoms with van der Waals surface area (Å²) in [6, 6.07) is 37.0. The number of rotatable bonds is 8. The van der Waals surface area contributed by atoms with E-state index in [9.17, 15) is 0 Å². The van der Waals surface area contributed by atoms with E-state index in [4.69, 9.17) is 42.9 Å². The molecule has 2 saturated heterocycles. The summed E-state index contributed by atoms with van der Waals surface area (Å²) in [5, 5.41) is 2.29. The maximum atomic E-state index is 15.7. The molecular formula is C42H36Cl2F2N4O4P2. The first-order valence-electron chi connectivity index (χ1n) is 18.3. The molecule has 9 rings (SSSR count). The lowest BCUT2D eigenvalue weighted by molar-refractivity contribution is -0.103. The van der Waals surface area contributed by atoms with Gasteiger partial charge >= 0.3 is 0 Å². The normalized spacial score (nSPS) is 25.0. The Labute approximate surface area is 333 Å². The fourth-order valence-electron chi connectivity index (χ4n) is 8.77. The summed E-state index contributed by atoms with van der Waals surface area (Å²) in [5.74, 6) is -3.07. The Morgan fingerprint density at radius 2 is 0.857 bits per heavy atom. The van der Waals surface area contributed by atoms with Gasteiger partial charge in [0.15, 0.2) is 25.9 Å². The van der Waals surface area contributed by atoms with E-state index in [0.717, 1.165) is 0 Å². The third-order valence-corrected chi connectivity index (χ3v) is 20.0. The van der Waals surface area contributed by atoms with Crippen molar-refractivity contribution in [3.05, 3.63) is 154 Å². The number of hydroxylamine groups is 4. The lowest BCUT2D eigenvalue weighted by Gasteiger charge is -2.40. The molecule has 4 unspecified atom stereocenters. The standard InChI is InChI=1S/C42H36Cl2F2N4O4P2/c1-41(55(51,27-15-7-3-8-16-27)28-17-9-4-10-18-28)25-23-31-47-39(53-49(31)41)33-34(36(44)38(46)37(45)35(33)43)40-48-32-24-26-42(2,50(32)54-40)56(52,29-19-11-5-12-20-29)30-21-13-6-14-22-30/h3-22,31-32H,23-26H2,1-2H3. The van der Waals surface area contributed by atoms with Gasteiger partial charge in [-0.05, 0) is 39.5 Å². The van der Waals surface area contributed by atoms with Crippen LogP contribution in [0.3, 0.4) is 0 Å². The van der Waals surface area contributed by atoms with Gasteiger partial charge in [-0.1, -0.05) is 145 Å². The molecule has 5 aromatic rings. The molecule has 14 heteroatoms. The van der Waals surface area contributed by atoms with Crippen LogP contribution in [0.15, 0.2) is 131 Å². The van der Waals surface area contributed by atoms with Gasteiger partial charge in [0.1, 0.15) is 22.9 Å². The second kappa shape index (κ2) is 13.8. The van der Waals surface area contributed by atoms with E-state index >= 15 is 17.9 Å². The first kappa shape index (κ1) is 37.4. The minimum absolute atomic E-state index is 0.144. The van der Waals surface area contributed by atoms with Gasteiger partial charge in [-0.25, -0.2) is 18.8 Å². The zero-order valence-corrected chi connectivity index (χ0v) is 33.7. The predicted octanol–water partition coefficient (Wildman–Crippen LogP) is 8.96. The smallest absolute Gasteiger partial charge is 0.245 e. The van der Waals surface area contributed by atoms with Crippen molar-refractivity contribution >= 4 is 70.5 Å². The van der Waals surface area contributed by atoms with Gasteiger partial charge in [-0.3, -0.25) is 0 Å². The van der Waals surface area contributed by atoms with Crippen LogP contribution in [0.5, 0.6) is 0 Å². The number of nitrogens with zero attached hydrogens (tertiary/aromatic N) is 4. The molecule has 0 aliphatic carbocycles. The van der Waals surface area contributed by atoms with E-state index in [2.05, 4.69) is 0 Å². The third kappa shape index (κ3) is 5.30. The van der Waals surface area contributed by atoms with Crippen LogP contribution in [0.25, 0.3) is 0 Å². The first-order valence-corrected chi connectivity index (χ1v) is 22.5. The molecule has 0 amide bonds. The highest BCUT2D eigenvalue weighted by atomic mass is 35.5. The van der Waals surface area contributed by atoms with Crippen LogP contribution in [-0.2, 0) is 18.8 Å². The summed E-state index contributed by atoms with van der Waals surface area (Å²) in [6.45, 7) is 3.76. The summed E-state index contributed by atoms with van der Waals surface area (Å²) >= 11 is 13.4. The van der Waals surface area contributed by atoms with Gasteiger partial charge < -0.3 is 18.8 Å². The van der Waals surface area contributed by atoms with Crippen molar-refractivity contribution in [3.63, 3.8) is 0 Å². The maximum absolute atomic E-state index is 15.7. The topological polar surface area (TPSA) is 83.8 Å². The van der Waals surface area contributed by atoms with Crippen LogP contribution in [0.1, 0.15) is 50.7 Å². The van der Waals surface area contributed by atoms with E-state index in [0.29, 0.717) is 46.9 Å². The molecule has 0 saturated carbocycles. The molecule has 4 aliphatic heterocycles. The first-order chi connectivity index (χ1) is 26.9. The van der Waals surface area contributed by atoms with E-state index in [1.54, 1.807) is 10.1 Å². The summed E-state index contributed by atoms with van der Waals surface area (Å²) in [4.78, 5) is 22.7. The highest BCUT2D eigenvalue weighted by Crippen LogP contribution is 2.65. The molecular weight excluding hydrogens is 795 g/mol. The number of benzene rings is 5. The van der Waals surface area contributed by atoms with Gasteiger partial charge in [0.25, 0.3) is 0 Å². The van der Waals surface area contributed by atoms with E-state index in [-0.39, 0.29) is 22.9 Å². The zero-order valence-electron chi connectivity index (χ0n) is 30.4. The molecule has 0 aromatic heterocycles. The monoisotopic (exact) mass is 830 g/mol. The van der Waals surface area contributed by atoms with Crippen LogP contribution >= 0.6 is 37.5 Å². The number of hydrogen-bond acceptors (Lipinski definition) is 8. The van der Waals surface area contributed by atoms with Crippen molar-refractivity contribution in [3.8, 4) is 0 Å². The summed E-state index contributed by atoms with van der Waals surface area (Å²) in [5.41, 5.74) is -0.310. The summed E-state index contributed by atoms with van der Waals surface area (Å²) in [6.07, 6.45) is 0.562. The predicted molar refractivity (Wildman–Crippen MR) is 218 cm³/mol. The van der Waals surface area contributed by atoms with Gasteiger partial charge in [0, 0.05) is 21.2 Å². The number of hydrogen-bond donors (Lipinski definition) is 0. The molecule has 4 heterocycles. The minimum atomic E-state index is -3.48. The molecule has 0 radical (unpaired) electrons.